The number of aromatic nitrogens is 5. The Bertz CT molecular complexity index is 1500. The number of rotatable bonds is 7. The molecular weight excluding hydrogens is 462 g/mol. The van der Waals surface area contributed by atoms with E-state index in [-0.39, 0.29) is 17.6 Å². The number of aryl methyl sites for hydroxylation is 1. The Morgan fingerprint density at radius 1 is 1.22 bits per heavy atom. The van der Waals surface area contributed by atoms with Crippen LogP contribution in [0.5, 0.6) is 5.75 Å². The van der Waals surface area contributed by atoms with Crippen molar-refractivity contribution in [1.29, 1.82) is 5.26 Å². The number of nitrogens with one attached hydrogen (secondary N) is 1. The molecule has 1 aromatic carbocycles. The van der Waals surface area contributed by atoms with Crippen molar-refractivity contribution in [2.24, 2.45) is 7.05 Å². The molecule has 3 heterocycles. The highest BCUT2D eigenvalue weighted by Gasteiger charge is 2.32. The second-order valence-electron chi connectivity index (χ2n) is 8.72. The molecule has 0 spiro atoms. The standard InChI is InChI=1S/C25H25N7O4/c1-14(2)32-23(30-21(22(33)25(32)35)24(34)29-18-11-28-36-13-18)15(3)20(17-10-27-31(4)12-17)19-8-6-5-7-16(19)9-26/h5-8,10-15,20,33H,1-4H3,(H,29,34)/t15-,20+/m0/s1. The van der Waals surface area contributed by atoms with Crippen LogP contribution >= 0.6 is 0 Å². The average molecular weight is 488 g/mol. The van der Waals surface area contributed by atoms with E-state index in [1.54, 1.807) is 43.9 Å². The Hall–Kier alpha value is -4.72. The molecule has 0 aliphatic heterocycles. The fourth-order valence-electron chi connectivity index (χ4n) is 4.33. The fraction of sp³-hybridized carbons (Fsp3) is 0.280. The van der Waals surface area contributed by atoms with Gasteiger partial charge in [-0.1, -0.05) is 30.3 Å². The van der Waals surface area contributed by atoms with E-state index in [0.29, 0.717) is 5.56 Å². The molecule has 4 rings (SSSR count). The molecule has 0 unspecified atom stereocenters. The van der Waals surface area contributed by atoms with Crippen LogP contribution in [0.3, 0.4) is 0 Å². The first-order valence-corrected chi connectivity index (χ1v) is 11.3. The molecule has 2 atom stereocenters. The minimum atomic E-state index is -0.785. The summed E-state index contributed by atoms with van der Waals surface area (Å²) in [5.74, 6) is -2.19. The van der Waals surface area contributed by atoms with E-state index in [0.717, 1.165) is 11.1 Å². The van der Waals surface area contributed by atoms with Gasteiger partial charge in [-0.15, -0.1) is 0 Å². The van der Waals surface area contributed by atoms with Crippen molar-refractivity contribution in [3.8, 4) is 11.8 Å². The van der Waals surface area contributed by atoms with E-state index >= 15 is 0 Å². The number of carbonyl (C=O) groups excluding carboxylic acids is 1. The number of carbonyl (C=O) groups is 1. The lowest BCUT2D eigenvalue weighted by Gasteiger charge is -2.28. The van der Waals surface area contributed by atoms with Crippen LogP contribution in [-0.2, 0) is 7.05 Å². The van der Waals surface area contributed by atoms with E-state index in [9.17, 15) is 20.0 Å². The average Bonchev–Trinajstić information content (AvgIpc) is 3.52. The number of hydrogen-bond donors (Lipinski definition) is 2. The Labute approximate surface area is 206 Å². The van der Waals surface area contributed by atoms with Gasteiger partial charge in [0.25, 0.3) is 11.5 Å². The van der Waals surface area contributed by atoms with Crippen molar-refractivity contribution < 1.29 is 14.4 Å². The maximum Gasteiger partial charge on any atom is 0.296 e. The lowest BCUT2D eigenvalue weighted by atomic mass is 9.80. The van der Waals surface area contributed by atoms with Crippen LogP contribution in [0.1, 0.15) is 71.7 Å². The van der Waals surface area contributed by atoms with E-state index in [2.05, 4.69) is 26.6 Å². The van der Waals surface area contributed by atoms with Crippen molar-refractivity contribution in [3.05, 3.63) is 87.7 Å². The third-order valence-electron chi connectivity index (χ3n) is 5.95. The highest BCUT2D eigenvalue weighted by atomic mass is 16.5. The summed E-state index contributed by atoms with van der Waals surface area (Å²) in [6, 6.07) is 9.06. The van der Waals surface area contributed by atoms with Gasteiger partial charge in [0, 0.05) is 31.1 Å². The zero-order valence-electron chi connectivity index (χ0n) is 20.2. The highest BCUT2D eigenvalue weighted by molar-refractivity contribution is 6.04. The van der Waals surface area contributed by atoms with Crippen LogP contribution in [0, 0.1) is 11.3 Å². The molecule has 0 saturated heterocycles. The van der Waals surface area contributed by atoms with Crippen molar-refractivity contribution >= 4 is 11.6 Å². The van der Waals surface area contributed by atoms with E-state index < -0.39 is 34.7 Å². The molecule has 0 aliphatic carbocycles. The summed E-state index contributed by atoms with van der Waals surface area (Å²) in [7, 11) is 1.79. The van der Waals surface area contributed by atoms with Crippen molar-refractivity contribution in [2.45, 2.75) is 38.6 Å². The Morgan fingerprint density at radius 3 is 2.58 bits per heavy atom. The van der Waals surface area contributed by atoms with Gasteiger partial charge >= 0.3 is 0 Å². The predicted octanol–water partition coefficient (Wildman–Crippen LogP) is 3.31. The minimum absolute atomic E-state index is 0.250. The number of nitrogens with zero attached hydrogens (tertiary/aromatic N) is 6. The van der Waals surface area contributed by atoms with E-state index in [1.165, 1.54) is 17.0 Å². The summed E-state index contributed by atoms with van der Waals surface area (Å²) in [6.07, 6.45) is 6.04. The van der Waals surface area contributed by atoms with E-state index in [1.807, 2.05) is 25.3 Å². The molecule has 36 heavy (non-hydrogen) atoms. The van der Waals surface area contributed by atoms with Crippen LogP contribution in [0.2, 0.25) is 0 Å². The lowest BCUT2D eigenvalue weighted by Crippen LogP contribution is -2.32. The number of amides is 1. The Kier molecular flexibility index (Phi) is 6.69. The van der Waals surface area contributed by atoms with Gasteiger partial charge in [-0.2, -0.15) is 10.4 Å². The van der Waals surface area contributed by atoms with Crippen LogP contribution < -0.4 is 10.9 Å². The SMILES string of the molecule is CC(C)n1c([C@@H](C)[C@H](c2cnn(C)c2)c2ccccc2C#N)nc(C(=O)Nc2cnoc2)c(O)c1=O. The smallest absolute Gasteiger partial charge is 0.296 e. The third kappa shape index (κ3) is 4.48. The highest BCUT2D eigenvalue weighted by Crippen LogP contribution is 2.39. The molecule has 0 bridgehead atoms. The molecule has 0 aliphatic rings. The summed E-state index contributed by atoms with van der Waals surface area (Å²) in [5.41, 5.74) is 1.10. The zero-order chi connectivity index (χ0) is 26.0. The zero-order valence-corrected chi connectivity index (χ0v) is 20.2. The van der Waals surface area contributed by atoms with Crippen molar-refractivity contribution in [2.75, 3.05) is 5.32 Å². The maximum absolute atomic E-state index is 13.3. The van der Waals surface area contributed by atoms with Gasteiger partial charge in [-0.05, 0) is 31.0 Å². The number of anilines is 1. The quantitative estimate of drug-likeness (QED) is 0.403. The second kappa shape index (κ2) is 9.87. The number of aromatic hydroxyl groups is 1. The van der Waals surface area contributed by atoms with Crippen LogP contribution in [0.25, 0.3) is 0 Å². The number of nitriles is 1. The van der Waals surface area contributed by atoms with Gasteiger partial charge < -0.3 is 14.9 Å². The monoisotopic (exact) mass is 487 g/mol. The largest absolute Gasteiger partial charge is 0.501 e. The van der Waals surface area contributed by atoms with Gasteiger partial charge in [0.1, 0.15) is 17.8 Å². The summed E-state index contributed by atoms with van der Waals surface area (Å²) >= 11 is 0. The van der Waals surface area contributed by atoms with Crippen molar-refractivity contribution in [1.82, 2.24) is 24.5 Å². The summed E-state index contributed by atoms with van der Waals surface area (Å²) in [4.78, 5) is 30.7. The number of benzene rings is 1. The first-order valence-electron chi connectivity index (χ1n) is 11.3. The molecule has 1 amide bonds. The molecule has 0 saturated carbocycles. The lowest BCUT2D eigenvalue weighted by molar-refractivity contribution is 0.101. The van der Waals surface area contributed by atoms with Crippen LogP contribution in [-0.4, -0.2) is 35.5 Å². The van der Waals surface area contributed by atoms with Gasteiger partial charge in [0.15, 0.2) is 5.69 Å². The third-order valence-corrected chi connectivity index (χ3v) is 5.95. The normalized spacial score (nSPS) is 12.8. The molecule has 11 heteroatoms. The van der Waals surface area contributed by atoms with Gasteiger partial charge in [0.05, 0.1) is 24.0 Å². The van der Waals surface area contributed by atoms with Crippen molar-refractivity contribution in [3.63, 3.8) is 0 Å². The first kappa shape index (κ1) is 24.4. The van der Waals surface area contributed by atoms with Gasteiger partial charge in [-0.25, -0.2) is 4.98 Å². The summed E-state index contributed by atoms with van der Waals surface area (Å²) < 4.78 is 7.75. The first-order chi connectivity index (χ1) is 17.2. The Balaban J connectivity index is 1.92. The fourth-order valence-corrected chi connectivity index (χ4v) is 4.33. The minimum Gasteiger partial charge on any atom is -0.501 e. The van der Waals surface area contributed by atoms with Gasteiger partial charge in [0.2, 0.25) is 5.75 Å². The summed E-state index contributed by atoms with van der Waals surface area (Å²) in [5, 5.41) is 30.8. The topological polar surface area (TPSA) is 152 Å². The second-order valence-corrected chi connectivity index (χ2v) is 8.72. The molecule has 0 fully saturated rings. The molecule has 4 aromatic rings. The molecule has 0 radical (unpaired) electrons. The van der Waals surface area contributed by atoms with Crippen LogP contribution in [0.4, 0.5) is 5.69 Å². The molecule has 3 aromatic heterocycles. The summed E-state index contributed by atoms with van der Waals surface area (Å²) in [6.45, 7) is 5.45. The van der Waals surface area contributed by atoms with Crippen LogP contribution in [0.15, 0.2) is 58.4 Å². The molecular formula is C25H25N7O4. The molecule has 11 nitrogen and oxygen atoms in total. The molecule has 2 N–H and O–H groups in total. The van der Waals surface area contributed by atoms with Gasteiger partial charge in [-0.3, -0.25) is 18.8 Å². The van der Waals surface area contributed by atoms with E-state index in [4.69, 9.17) is 4.52 Å². The molecule has 184 valence electrons. The Morgan fingerprint density at radius 2 is 1.97 bits per heavy atom. The predicted molar refractivity (Wildman–Crippen MR) is 130 cm³/mol. The maximum atomic E-state index is 13.3. The number of hydrogen-bond acceptors (Lipinski definition) is 8.